The maximum Gasteiger partial charge on any atom is 0.294 e. The number of thioether (sulfide) groups is 1. The second kappa shape index (κ2) is 13.3. The van der Waals surface area contributed by atoms with Gasteiger partial charge in [0.15, 0.2) is 11.5 Å². The van der Waals surface area contributed by atoms with Crippen LogP contribution in [0.5, 0.6) is 11.5 Å². The van der Waals surface area contributed by atoms with Crippen molar-refractivity contribution in [3.05, 3.63) is 65.1 Å². The van der Waals surface area contributed by atoms with Crippen LogP contribution in [0.1, 0.15) is 25.0 Å². The number of nitrogens with zero attached hydrogens (tertiary/aromatic N) is 2. The summed E-state index contributed by atoms with van der Waals surface area (Å²) >= 11 is 0.806. The first-order chi connectivity index (χ1) is 18.9. The van der Waals surface area contributed by atoms with Gasteiger partial charge in [0.25, 0.3) is 11.1 Å². The van der Waals surface area contributed by atoms with Gasteiger partial charge >= 0.3 is 0 Å². The number of benzene rings is 2. The summed E-state index contributed by atoms with van der Waals surface area (Å²) in [5.74, 6) is 0.230. The number of morpholine rings is 1. The van der Waals surface area contributed by atoms with E-state index in [0.29, 0.717) is 55.6 Å². The third-order valence-electron chi connectivity index (χ3n) is 6.11. The van der Waals surface area contributed by atoms with Gasteiger partial charge in [-0.3, -0.25) is 19.3 Å². The summed E-state index contributed by atoms with van der Waals surface area (Å²) in [6.07, 6.45) is 3.95. The van der Waals surface area contributed by atoms with Crippen LogP contribution in [-0.2, 0) is 20.7 Å². The van der Waals surface area contributed by atoms with Crippen molar-refractivity contribution >= 4 is 46.3 Å². The van der Waals surface area contributed by atoms with Gasteiger partial charge in [-0.25, -0.2) is 0 Å². The van der Waals surface area contributed by atoms with Crippen molar-refractivity contribution < 1.29 is 28.6 Å². The molecular formula is C29H33N3O6S. The lowest BCUT2D eigenvalue weighted by molar-refractivity contribution is -0.127. The van der Waals surface area contributed by atoms with Gasteiger partial charge in [0.2, 0.25) is 5.91 Å². The number of anilines is 2. The topological polar surface area (TPSA) is 97.4 Å². The normalized spacial score (nSPS) is 16.5. The molecule has 2 fully saturated rings. The highest BCUT2D eigenvalue weighted by Crippen LogP contribution is 2.37. The fraction of sp³-hybridized carbons (Fsp3) is 0.345. The second-order valence-electron chi connectivity index (χ2n) is 8.83. The zero-order chi connectivity index (χ0) is 27.8. The van der Waals surface area contributed by atoms with Crippen molar-refractivity contribution in [2.24, 2.45) is 0 Å². The number of ether oxygens (including phenoxy) is 3. The standard InChI is InChI=1S/C29H33N3O6S/c1-4-7-21-16-20(17-24(37-5-2)27(21)38-6-3)18-25-28(34)32(29(35)39-25)19-26(33)30-22-8-10-23(11-9-22)31-12-14-36-15-13-31/h4,8-11,16-18H,1,5-7,12-15,19H2,2-3H3,(H,30,33)/b25-18+. The van der Waals surface area contributed by atoms with Gasteiger partial charge in [-0.1, -0.05) is 6.08 Å². The average molecular weight is 552 g/mol. The molecule has 1 N–H and O–H groups in total. The Morgan fingerprint density at radius 1 is 1.10 bits per heavy atom. The number of carbonyl (C=O) groups is 3. The SMILES string of the molecule is C=CCc1cc(/C=C2/SC(=O)N(CC(=O)Nc3ccc(N4CCOCC4)cc3)C2=O)cc(OCC)c1OCC. The Balaban J connectivity index is 1.44. The molecule has 0 spiro atoms. The van der Waals surface area contributed by atoms with Crippen molar-refractivity contribution in [2.75, 3.05) is 56.3 Å². The highest BCUT2D eigenvalue weighted by molar-refractivity contribution is 8.18. The van der Waals surface area contributed by atoms with Crippen LogP contribution in [0.4, 0.5) is 16.2 Å². The molecule has 2 aromatic rings. The molecule has 0 atom stereocenters. The zero-order valence-corrected chi connectivity index (χ0v) is 23.1. The molecule has 0 aromatic heterocycles. The molecule has 0 aliphatic carbocycles. The molecule has 10 heteroatoms. The Hall–Kier alpha value is -3.76. The first-order valence-electron chi connectivity index (χ1n) is 12.9. The van der Waals surface area contributed by atoms with E-state index >= 15 is 0 Å². The molecule has 2 aliphatic rings. The number of nitrogens with one attached hydrogen (secondary N) is 1. The fourth-order valence-electron chi connectivity index (χ4n) is 4.35. The number of imide groups is 1. The van der Waals surface area contributed by atoms with E-state index in [2.05, 4.69) is 16.8 Å². The summed E-state index contributed by atoms with van der Waals surface area (Å²) in [6.45, 7) is 11.1. The van der Waals surface area contributed by atoms with Crippen LogP contribution in [0.25, 0.3) is 6.08 Å². The molecule has 2 aromatic carbocycles. The van der Waals surface area contributed by atoms with Gasteiger partial charge in [-0.15, -0.1) is 6.58 Å². The molecule has 9 nitrogen and oxygen atoms in total. The average Bonchev–Trinajstić information content (AvgIpc) is 3.19. The number of rotatable bonds is 11. The minimum Gasteiger partial charge on any atom is -0.490 e. The van der Waals surface area contributed by atoms with Crippen molar-refractivity contribution in [1.29, 1.82) is 0 Å². The maximum absolute atomic E-state index is 13.1. The molecular weight excluding hydrogens is 518 g/mol. The van der Waals surface area contributed by atoms with Crippen LogP contribution in [0.2, 0.25) is 0 Å². The molecule has 0 unspecified atom stereocenters. The van der Waals surface area contributed by atoms with Gasteiger partial charge < -0.3 is 24.4 Å². The zero-order valence-electron chi connectivity index (χ0n) is 22.2. The summed E-state index contributed by atoms with van der Waals surface area (Å²) in [6, 6.07) is 11.1. The Labute approximate surface area is 232 Å². The molecule has 2 heterocycles. The quantitative estimate of drug-likeness (QED) is 0.316. The van der Waals surface area contributed by atoms with Gasteiger partial charge in [0.1, 0.15) is 6.54 Å². The van der Waals surface area contributed by atoms with E-state index in [1.54, 1.807) is 30.4 Å². The van der Waals surface area contributed by atoms with Gasteiger partial charge in [-0.2, -0.15) is 0 Å². The van der Waals surface area contributed by atoms with Crippen LogP contribution in [0.3, 0.4) is 0 Å². The van der Waals surface area contributed by atoms with Gasteiger partial charge in [-0.05, 0) is 80.1 Å². The molecule has 4 rings (SSSR count). The van der Waals surface area contributed by atoms with E-state index in [1.165, 1.54) is 0 Å². The van der Waals surface area contributed by atoms with E-state index in [1.807, 2.05) is 32.0 Å². The van der Waals surface area contributed by atoms with Gasteiger partial charge in [0, 0.05) is 30.0 Å². The van der Waals surface area contributed by atoms with Crippen molar-refractivity contribution in [3.8, 4) is 11.5 Å². The number of hydrogen-bond donors (Lipinski definition) is 1. The third kappa shape index (κ3) is 7.01. The summed E-state index contributed by atoms with van der Waals surface area (Å²) < 4.78 is 17.0. The minimum absolute atomic E-state index is 0.235. The predicted molar refractivity (Wildman–Crippen MR) is 153 cm³/mol. The Morgan fingerprint density at radius 2 is 1.82 bits per heavy atom. The van der Waals surface area contributed by atoms with Crippen molar-refractivity contribution in [2.45, 2.75) is 20.3 Å². The molecule has 2 aliphatic heterocycles. The molecule has 206 valence electrons. The summed E-state index contributed by atoms with van der Waals surface area (Å²) in [4.78, 5) is 41.8. The molecule has 2 saturated heterocycles. The maximum atomic E-state index is 13.1. The second-order valence-corrected chi connectivity index (χ2v) is 9.82. The highest BCUT2D eigenvalue weighted by Gasteiger charge is 2.36. The van der Waals surface area contributed by atoms with Crippen LogP contribution in [0.15, 0.2) is 54.0 Å². The summed E-state index contributed by atoms with van der Waals surface area (Å²) in [5, 5.41) is 2.27. The fourth-order valence-corrected chi connectivity index (χ4v) is 5.19. The lowest BCUT2D eigenvalue weighted by Crippen LogP contribution is -2.36. The summed E-state index contributed by atoms with van der Waals surface area (Å²) in [5.41, 5.74) is 3.19. The van der Waals surface area contributed by atoms with E-state index in [-0.39, 0.29) is 11.4 Å². The van der Waals surface area contributed by atoms with E-state index in [0.717, 1.165) is 41.0 Å². The third-order valence-corrected chi connectivity index (χ3v) is 7.01. The minimum atomic E-state index is -0.514. The largest absolute Gasteiger partial charge is 0.490 e. The number of hydrogen-bond acceptors (Lipinski definition) is 8. The Kier molecular flexibility index (Phi) is 9.67. The van der Waals surface area contributed by atoms with E-state index in [9.17, 15) is 14.4 Å². The Bertz CT molecular complexity index is 1250. The first-order valence-corrected chi connectivity index (χ1v) is 13.8. The molecule has 0 saturated carbocycles. The number of carbonyl (C=O) groups excluding carboxylic acids is 3. The predicted octanol–water partition coefficient (Wildman–Crippen LogP) is 4.72. The first kappa shape index (κ1) is 28.3. The van der Waals surface area contributed by atoms with Crippen molar-refractivity contribution in [1.82, 2.24) is 4.90 Å². The van der Waals surface area contributed by atoms with Crippen molar-refractivity contribution in [3.63, 3.8) is 0 Å². The number of allylic oxidation sites excluding steroid dienone is 1. The number of amides is 3. The highest BCUT2D eigenvalue weighted by atomic mass is 32.2. The van der Waals surface area contributed by atoms with Crippen LogP contribution in [0, 0.1) is 0 Å². The Morgan fingerprint density at radius 3 is 2.49 bits per heavy atom. The summed E-state index contributed by atoms with van der Waals surface area (Å²) in [7, 11) is 0. The van der Waals surface area contributed by atoms with Crippen LogP contribution in [-0.4, -0.2) is 68.0 Å². The van der Waals surface area contributed by atoms with Crippen LogP contribution >= 0.6 is 11.8 Å². The van der Waals surface area contributed by atoms with E-state index < -0.39 is 17.1 Å². The smallest absolute Gasteiger partial charge is 0.294 e. The molecule has 3 amide bonds. The van der Waals surface area contributed by atoms with Crippen LogP contribution < -0.4 is 19.7 Å². The monoisotopic (exact) mass is 551 g/mol. The molecule has 39 heavy (non-hydrogen) atoms. The van der Waals surface area contributed by atoms with E-state index in [4.69, 9.17) is 14.2 Å². The van der Waals surface area contributed by atoms with Gasteiger partial charge in [0.05, 0.1) is 31.3 Å². The lowest BCUT2D eigenvalue weighted by atomic mass is 10.0. The molecule has 0 bridgehead atoms. The lowest BCUT2D eigenvalue weighted by Gasteiger charge is -2.28. The molecule has 0 radical (unpaired) electrons.